The van der Waals surface area contributed by atoms with E-state index < -0.39 is 0 Å². The summed E-state index contributed by atoms with van der Waals surface area (Å²) in [6.45, 7) is 1.93. The molecule has 0 saturated heterocycles. The molecule has 1 aromatic rings. The van der Waals surface area contributed by atoms with Gasteiger partial charge in [-0.15, -0.1) is 0 Å². The minimum atomic E-state index is 0.794. The van der Waals surface area contributed by atoms with E-state index in [1.807, 2.05) is 42.1 Å². The SMILES string of the molecule is CN(C)CCSCCOc1ccccc1. The molecular formula is C12H19NOS. The summed E-state index contributed by atoms with van der Waals surface area (Å²) in [6, 6.07) is 9.97. The summed E-state index contributed by atoms with van der Waals surface area (Å²) in [5.41, 5.74) is 0. The van der Waals surface area contributed by atoms with Gasteiger partial charge in [0, 0.05) is 18.1 Å². The van der Waals surface area contributed by atoms with Gasteiger partial charge >= 0.3 is 0 Å². The first-order valence-electron chi connectivity index (χ1n) is 5.19. The molecule has 0 aromatic heterocycles. The number of hydrogen-bond acceptors (Lipinski definition) is 3. The van der Waals surface area contributed by atoms with Crippen LogP contribution >= 0.6 is 11.8 Å². The molecule has 0 aliphatic carbocycles. The van der Waals surface area contributed by atoms with Crippen LogP contribution in [0.4, 0.5) is 0 Å². The molecule has 3 heteroatoms. The van der Waals surface area contributed by atoms with Gasteiger partial charge in [-0.2, -0.15) is 11.8 Å². The van der Waals surface area contributed by atoms with Crippen LogP contribution in [0.5, 0.6) is 5.75 Å². The van der Waals surface area contributed by atoms with Crippen LogP contribution in [-0.4, -0.2) is 43.7 Å². The molecule has 0 amide bonds. The molecule has 0 fully saturated rings. The van der Waals surface area contributed by atoms with Crippen LogP contribution in [0.15, 0.2) is 30.3 Å². The van der Waals surface area contributed by atoms with Crippen LogP contribution in [0, 0.1) is 0 Å². The van der Waals surface area contributed by atoms with Gasteiger partial charge in [0.05, 0.1) is 6.61 Å². The zero-order chi connectivity index (χ0) is 10.9. The van der Waals surface area contributed by atoms with Crippen molar-refractivity contribution in [2.24, 2.45) is 0 Å². The van der Waals surface area contributed by atoms with Crippen LogP contribution in [0.3, 0.4) is 0 Å². The normalized spacial score (nSPS) is 10.6. The van der Waals surface area contributed by atoms with Crippen molar-refractivity contribution >= 4 is 11.8 Å². The van der Waals surface area contributed by atoms with E-state index in [1.54, 1.807) is 0 Å². The lowest BCUT2D eigenvalue weighted by atomic mass is 10.3. The van der Waals surface area contributed by atoms with Gasteiger partial charge in [-0.05, 0) is 26.2 Å². The lowest BCUT2D eigenvalue weighted by Crippen LogP contribution is -2.15. The molecule has 0 N–H and O–H groups in total. The minimum absolute atomic E-state index is 0.794. The fourth-order valence-corrected chi connectivity index (χ4v) is 1.98. The molecule has 1 rings (SSSR count). The molecular weight excluding hydrogens is 206 g/mol. The molecule has 0 atom stereocenters. The van der Waals surface area contributed by atoms with E-state index in [0.717, 1.165) is 24.7 Å². The predicted molar refractivity (Wildman–Crippen MR) is 67.8 cm³/mol. The summed E-state index contributed by atoms with van der Waals surface area (Å²) in [6.07, 6.45) is 0. The first-order valence-corrected chi connectivity index (χ1v) is 6.35. The highest BCUT2D eigenvalue weighted by Crippen LogP contribution is 2.09. The van der Waals surface area contributed by atoms with Gasteiger partial charge in [-0.1, -0.05) is 18.2 Å². The number of rotatable bonds is 7. The average Bonchev–Trinajstić information content (AvgIpc) is 2.24. The molecule has 0 saturated carbocycles. The van der Waals surface area contributed by atoms with Gasteiger partial charge in [-0.3, -0.25) is 0 Å². The van der Waals surface area contributed by atoms with Gasteiger partial charge in [0.25, 0.3) is 0 Å². The van der Waals surface area contributed by atoms with Crippen molar-refractivity contribution in [2.45, 2.75) is 0 Å². The van der Waals surface area contributed by atoms with Crippen LogP contribution in [-0.2, 0) is 0 Å². The Bertz CT molecular complexity index is 251. The summed E-state index contributed by atoms with van der Waals surface area (Å²) >= 11 is 1.93. The summed E-state index contributed by atoms with van der Waals surface area (Å²) in [5.74, 6) is 3.19. The third kappa shape index (κ3) is 6.42. The quantitative estimate of drug-likeness (QED) is 0.661. The van der Waals surface area contributed by atoms with E-state index in [9.17, 15) is 0 Å². The highest BCUT2D eigenvalue weighted by Gasteiger charge is 1.93. The number of thioether (sulfide) groups is 1. The maximum absolute atomic E-state index is 5.58. The van der Waals surface area contributed by atoms with Crippen LogP contribution < -0.4 is 4.74 Å². The van der Waals surface area contributed by atoms with Crippen molar-refractivity contribution in [1.29, 1.82) is 0 Å². The molecule has 0 spiro atoms. The first-order chi connectivity index (χ1) is 7.29. The number of nitrogens with zero attached hydrogens (tertiary/aromatic N) is 1. The van der Waals surface area contributed by atoms with Crippen LogP contribution in [0.1, 0.15) is 0 Å². The molecule has 1 aromatic carbocycles. The van der Waals surface area contributed by atoms with E-state index in [-0.39, 0.29) is 0 Å². The van der Waals surface area contributed by atoms with E-state index in [2.05, 4.69) is 19.0 Å². The van der Waals surface area contributed by atoms with Crippen LogP contribution in [0.25, 0.3) is 0 Å². The molecule has 0 radical (unpaired) electrons. The zero-order valence-corrected chi connectivity index (χ0v) is 10.3. The Hall–Kier alpha value is -0.670. The van der Waals surface area contributed by atoms with E-state index in [0.29, 0.717) is 0 Å². The molecule has 0 unspecified atom stereocenters. The fraction of sp³-hybridized carbons (Fsp3) is 0.500. The molecule has 0 bridgehead atoms. The van der Waals surface area contributed by atoms with Gasteiger partial charge in [-0.25, -0.2) is 0 Å². The van der Waals surface area contributed by atoms with Gasteiger partial charge < -0.3 is 9.64 Å². The first kappa shape index (κ1) is 12.4. The molecule has 15 heavy (non-hydrogen) atoms. The Morgan fingerprint density at radius 1 is 1.13 bits per heavy atom. The third-order valence-corrected chi connectivity index (χ3v) is 2.85. The summed E-state index contributed by atoms with van der Waals surface area (Å²) in [7, 11) is 4.20. The minimum Gasteiger partial charge on any atom is -0.493 e. The molecule has 0 heterocycles. The second-order valence-corrected chi connectivity index (χ2v) is 4.80. The molecule has 0 aliphatic rings. The van der Waals surface area contributed by atoms with E-state index >= 15 is 0 Å². The molecule has 2 nitrogen and oxygen atoms in total. The number of hydrogen-bond donors (Lipinski definition) is 0. The van der Waals surface area contributed by atoms with Crippen molar-refractivity contribution < 1.29 is 4.74 Å². The lowest BCUT2D eigenvalue weighted by Gasteiger charge is -2.09. The molecule has 84 valence electrons. The van der Waals surface area contributed by atoms with Crippen molar-refractivity contribution in [3.8, 4) is 5.75 Å². The topological polar surface area (TPSA) is 12.5 Å². The van der Waals surface area contributed by atoms with Gasteiger partial charge in [0.1, 0.15) is 5.75 Å². The Morgan fingerprint density at radius 3 is 2.53 bits per heavy atom. The lowest BCUT2D eigenvalue weighted by molar-refractivity contribution is 0.344. The van der Waals surface area contributed by atoms with E-state index in [1.165, 1.54) is 5.75 Å². The largest absolute Gasteiger partial charge is 0.493 e. The predicted octanol–water partition coefficient (Wildman–Crippen LogP) is 2.36. The standard InChI is InChI=1S/C12H19NOS/c1-13(2)8-10-15-11-9-14-12-6-4-3-5-7-12/h3-7H,8-11H2,1-2H3. The third-order valence-electron chi connectivity index (χ3n) is 1.92. The van der Waals surface area contributed by atoms with Crippen molar-refractivity contribution in [3.05, 3.63) is 30.3 Å². The Labute approximate surface area is 96.6 Å². The highest BCUT2D eigenvalue weighted by atomic mass is 32.2. The van der Waals surface area contributed by atoms with Gasteiger partial charge in [0.2, 0.25) is 0 Å². The Kier molecular flexibility index (Phi) is 6.28. The fourth-order valence-electron chi connectivity index (χ4n) is 1.08. The number of benzene rings is 1. The van der Waals surface area contributed by atoms with E-state index in [4.69, 9.17) is 4.74 Å². The maximum Gasteiger partial charge on any atom is 0.119 e. The average molecular weight is 225 g/mol. The van der Waals surface area contributed by atoms with Crippen molar-refractivity contribution in [1.82, 2.24) is 4.90 Å². The zero-order valence-electron chi connectivity index (χ0n) is 9.48. The highest BCUT2D eigenvalue weighted by molar-refractivity contribution is 7.99. The smallest absolute Gasteiger partial charge is 0.119 e. The number of ether oxygens (including phenoxy) is 1. The summed E-state index contributed by atoms with van der Waals surface area (Å²) in [5, 5.41) is 0. The number of para-hydroxylation sites is 1. The summed E-state index contributed by atoms with van der Waals surface area (Å²) < 4.78 is 5.58. The van der Waals surface area contributed by atoms with Gasteiger partial charge in [0.15, 0.2) is 0 Å². The maximum atomic E-state index is 5.58. The van der Waals surface area contributed by atoms with Crippen molar-refractivity contribution in [2.75, 3.05) is 38.8 Å². The van der Waals surface area contributed by atoms with Crippen molar-refractivity contribution in [3.63, 3.8) is 0 Å². The Morgan fingerprint density at radius 2 is 1.87 bits per heavy atom. The second-order valence-electron chi connectivity index (χ2n) is 3.58. The second kappa shape index (κ2) is 7.60. The molecule has 0 aliphatic heterocycles. The van der Waals surface area contributed by atoms with Crippen LogP contribution in [0.2, 0.25) is 0 Å². The summed E-state index contributed by atoms with van der Waals surface area (Å²) in [4.78, 5) is 2.20. The monoisotopic (exact) mass is 225 g/mol. The Balaban J connectivity index is 1.98.